The average molecular weight is 271 g/mol. The molecule has 0 saturated heterocycles. The van der Waals surface area contributed by atoms with Crippen LogP contribution in [-0.4, -0.2) is 22.7 Å². The number of carbonyl (C=O) groups is 1. The number of H-pyrrole nitrogens is 1. The normalized spacial score (nSPS) is 10.7. The van der Waals surface area contributed by atoms with Crippen LogP contribution in [0.4, 0.5) is 0 Å². The van der Waals surface area contributed by atoms with Gasteiger partial charge in [-0.1, -0.05) is 0 Å². The van der Waals surface area contributed by atoms with Crippen LogP contribution in [0.2, 0.25) is 0 Å². The minimum Gasteiger partial charge on any atom is -0.465 e. The largest absolute Gasteiger partial charge is 0.465 e. The summed E-state index contributed by atoms with van der Waals surface area (Å²) in [6.45, 7) is 1.67. The van der Waals surface area contributed by atoms with E-state index in [4.69, 9.17) is 18.1 Å². The summed E-state index contributed by atoms with van der Waals surface area (Å²) in [7, 11) is 1.29. The zero-order valence-electron chi connectivity index (χ0n) is 9.07. The molecule has 0 fully saturated rings. The fourth-order valence-corrected chi connectivity index (χ4v) is 2.88. The number of aromatic nitrogens is 2. The molecule has 3 N–H and O–H groups in total. The molecule has 6 nitrogen and oxygen atoms in total. The van der Waals surface area contributed by atoms with Crippen LogP contribution in [0.25, 0.3) is 10.2 Å². The van der Waals surface area contributed by atoms with Gasteiger partial charge in [0.15, 0.2) is 4.77 Å². The van der Waals surface area contributed by atoms with E-state index in [1.54, 1.807) is 6.92 Å². The van der Waals surface area contributed by atoms with Crippen molar-refractivity contribution in [2.24, 2.45) is 0 Å². The van der Waals surface area contributed by atoms with Crippen molar-refractivity contribution < 1.29 is 9.53 Å². The molecule has 2 aromatic rings. The average Bonchev–Trinajstić information content (AvgIpc) is 2.62. The topological polar surface area (TPSA) is 90.1 Å². The van der Waals surface area contributed by atoms with Crippen LogP contribution in [-0.2, 0) is 4.74 Å². The van der Waals surface area contributed by atoms with Crippen LogP contribution < -0.4 is 11.4 Å². The summed E-state index contributed by atoms with van der Waals surface area (Å²) in [5, 5.41) is 0.367. The number of ether oxygens (including phenoxy) is 1. The maximum absolute atomic E-state index is 11.9. The van der Waals surface area contributed by atoms with E-state index < -0.39 is 11.5 Å². The summed E-state index contributed by atoms with van der Waals surface area (Å²) in [6.07, 6.45) is 0. The number of esters is 1. The highest BCUT2D eigenvalue weighted by atomic mass is 32.1. The van der Waals surface area contributed by atoms with Crippen molar-refractivity contribution >= 4 is 39.7 Å². The fourth-order valence-electron chi connectivity index (χ4n) is 1.52. The van der Waals surface area contributed by atoms with Crippen LogP contribution in [0.1, 0.15) is 15.2 Å². The number of nitrogens with one attached hydrogen (secondary N) is 1. The van der Waals surface area contributed by atoms with E-state index in [0.29, 0.717) is 20.7 Å². The van der Waals surface area contributed by atoms with Crippen molar-refractivity contribution in [1.29, 1.82) is 0 Å². The van der Waals surface area contributed by atoms with Crippen LogP contribution in [0, 0.1) is 11.7 Å². The Morgan fingerprint density at radius 2 is 2.24 bits per heavy atom. The minimum absolute atomic E-state index is 0.111. The van der Waals surface area contributed by atoms with E-state index in [2.05, 4.69) is 9.72 Å². The Hall–Kier alpha value is -1.67. The van der Waals surface area contributed by atoms with Crippen LogP contribution in [0.3, 0.4) is 0 Å². The second kappa shape index (κ2) is 3.97. The molecule has 0 saturated carbocycles. The highest BCUT2D eigenvalue weighted by Crippen LogP contribution is 2.27. The SMILES string of the molecule is COC(=O)c1sc2[nH]c(=S)n(N)c(=O)c2c1C. The highest BCUT2D eigenvalue weighted by Gasteiger charge is 2.19. The Bertz CT molecular complexity index is 725. The number of hydrogen-bond donors (Lipinski definition) is 2. The lowest BCUT2D eigenvalue weighted by Gasteiger charge is -1.98. The Morgan fingerprint density at radius 1 is 1.59 bits per heavy atom. The molecule has 2 rings (SSSR count). The highest BCUT2D eigenvalue weighted by molar-refractivity contribution is 7.71. The van der Waals surface area contributed by atoms with Gasteiger partial charge in [-0.05, 0) is 24.7 Å². The lowest BCUT2D eigenvalue weighted by molar-refractivity contribution is 0.0605. The molecule has 0 aliphatic rings. The fraction of sp³-hybridized carbons (Fsp3) is 0.222. The molecular formula is C9H9N3O3S2. The predicted molar refractivity (Wildman–Crippen MR) is 67.5 cm³/mol. The number of nitrogens with zero attached hydrogens (tertiary/aromatic N) is 1. The number of carbonyl (C=O) groups excluding carboxylic acids is 1. The second-order valence-corrected chi connectivity index (χ2v) is 4.76. The second-order valence-electron chi connectivity index (χ2n) is 3.36. The lowest BCUT2D eigenvalue weighted by Crippen LogP contribution is -2.28. The standard InChI is InChI=1S/C9H9N3O3S2/c1-3-4-6(17-5(3)8(14)15-2)11-9(16)12(10)7(4)13/h10H2,1-2H3,(H,11,16). The summed E-state index contributed by atoms with van der Waals surface area (Å²) in [5.74, 6) is 5.01. The van der Waals surface area contributed by atoms with Crippen molar-refractivity contribution in [3.05, 3.63) is 25.6 Å². The molecule has 0 amide bonds. The number of aromatic amines is 1. The van der Waals surface area contributed by atoms with Crippen LogP contribution in [0.15, 0.2) is 4.79 Å². The zero-order chi connectivity index (χ0) is 12.7. The van der Waals surface area contributed by atoms with E-state index in [1.165, 1.54) is 7.11 Å². The van der Waals surface area contributed by atoms with E-state index in [0.717, 1.165) is 16.0 Å². The monoisotopic (exact) mass is 271 g/mol. The Kier molecular flexibility index (Phi) is 2.76. The van der Waals surface area contributed by atoms with Crippen LogP contribution in [0.5, 0.6) is 0 Å². The van der Waals surface area contributed by atoms with Gasteiger partial charge < -0.3 is 15.6 Å². The number of methoxy groups -OCH3 is 1. The summed E-state index contributed by atoms with van der Waals surface area (Å²) in [6, 6.07) is 0. The third kappa shape index (κ3) is 1.65. The molecule has 0 aliphatic heterocycles. The first-order chi connectivity index (χ1) is 7.97. The quantitative estimate of drug-likeness (QED) is 0.457. The minimum atomic E-state index is -0.481. The number of thiophene rings is 1. The summed E-state index contributed by atoms with van der Waals surface area (Å²) < 4.78 is 5.60. The summed E-state index contributed by atoms with van der Waals surface area (Å²) >= 11 is 6.02. The maximum atomic E-state index is 11.9. The van der Waals surface area contributed by atoms with E-state index in [9.17, 15) is 9.59 Å². The van der Waals surface area contributed by atoms with Crippen molar-refractivity contribution in [2.45, 2.75) is 6.92 Å². The predicted octanol–water partition coefficient (Wildman–Crippen LogP) is 0.929. The number of nitrogen functional groups attached to an aromatic ring is 1. The molecule has 0 radical (unpaired) electrons. The first kappa shape index (κ1) is 11.8. The van der Waals surface area contributed by atoms with Gasteiger partial charge in [-0.25, -0.2) is 4.79 Å². The molecule has 0 atom stereocenters. The third-order valence-electron chi connectivity index (χ3n) is 2.39. The Labute approximate surface area is 105 Å². The van der Waals surface area contributed by atoms with Crippen molar-refractivity contribution in [3.63, 3.8) is 0 Å². The molecular weight excluding hydrogens is 262 g/mol. The van der Waals surface area contributed by atoms with Crippen LogP contribution >= 0.6 is 23.6 Å². The van der Waals surface area contributed by atoms with Gasteiger partial charge in [0.1, 0.15) is 9.71 Å². The number of aryl methyl sites for hydroxylation is 1. The van der Waals surface area contributed by atoms with Crippen molar-refractivity contribution in [3.8, 4) is 0 Å². The molecule has 8 heteroatoms. The van der Waals surface area contributed by atoms with E-state index in [-0.39, 0.29) is 4.77 Å². The molecule has 0 aliphatic carbocycles. The Balaban J connectivity index is 2.94. The van der Waals surface area contributed by atoms with Gasteiger partial charge in [-0.15, -0.1) is 11.3 Å². The van der Waals surface area contributed by atoms with Crippen molar-refractivity contribution in [1.82, 2.24) is 9.66 Å². The number of hydrogen-bond acceptors (Lipinski definition) is 6. The van der Waals surface area contributed by atoms with Gasteiger partial charge in [-0.3, -0.25) is 4.79 Å². The molecule has 0 aromatic carbocycles. The van der Waals surface area contributed by atoms with Gasteiger partial charge >= 0.3 is 5.97 Å². The Morgan fingerprint density at radius 3 is 2.82 bits per heavy atom. The van der Waals surface area contributed by atoms with Gasteiger partial charge in [0, 0.05) is 0 Å². The van der Waals surface area contributed by atoms with E-state index >= 15 is 0 Å². The zero-order valence-corrected chi connectivity index (χ0v) is 10.7. The maximum Gasteiger partial charge on any atom is 0.348 e. The first-order valence-electron chi connectivity index (χ1n) is 4.59. The summed E-state index contributed by atoms with van der Waals surface area (Å²) in [4.78, 5) is 27.1. The molecule has 17 heavy (non-hydrogen) atoms. The first-order valence-corrected chi connectivity index (χ1v) is 5.81. The number of nitrogens with two attached hydrogens (primary N) is 1. The third-order valence-corrected chi connectivity index (χ3v) is 3.88. The van der Waals surface area contributed by atoms with E-state index in [1.807, 2.05) is 0 Å². The molecule has 0 bridgehead atoms. The van der Waals surface area contributed by atoms with Gasteiger partial charge in [-0.2, -0.15) is 4.68 Å². The molecule has 0 spiro atoms. The molecule has 2 aromatic heterocycles. The van der Waals surface area contributed by atoms with Gasteiger partial charge in [0.2, 0.25) is 0 Å². The van der Waals surface area contributed by atoms with Gasteiger partial charge in [0.25, 0.3) is 5.56 Å². The smallest absolute Gasteiger partial charge is 0.348 e. The lowest BCUT2D eigenvalue weighted by atomic mass is 10.2. The number of rotatable bonds is 1. The van der Waals surface area contributed by atoms with Crippen molar-refractivity contribution in [2.75, 3.05) is 13.0 Å². The van der Waals surface area contributed by atoms with Gasteiger partial charge in [0.05, 0.1) is 12.5 Å². The molecule has 90 valence electrons. The molecule has 2 heterocycles. The number of fused-ring (bicyclic) bond motifs is 1. The molecule has 0 unspecified atom stereocenters. The summed E-state index contributed by atoms with van der Waals surface area (Å²) in [5.41, 5.74) is 0.125.